The zero-order valence-electron chi connectivity index (χ0n) is 8.30. The maximum Gasteiger partial charge on any atom is 0.253 e. The Labute approximate surface area is 85.2 Å². The van der Waals surface area contributed by atoms with Gasteiger partial charge in [0.15, 0.2) is 0 Å². The summed E-state index contributed by atoms with van der Waals surface area (Å²) in [6.07, 6.45) is 0. The molecule has 0 fully saturated rings. The number of hydrogen-bond donors (Lipinski definition) is 0. The Morgan fingerprint density at radius 1 is 1.53 bits per heavy atom. The van der Waals surface area contributed by atoms with E-state index in [1.165, 1.54) is 17.0 Å². The van der Waals surface area contributed by atoms with Gasteiger partial charge in [0.25, 0.3) is 5.91 Å². The second kappa shape index (κ2) is 3.23. The van der Waals surface area contributed by atoms with Crippen molar-refractivity contribution in [3.05, 3.63) is 29.0 Å². The quantitative estimate of drug-likeness (QED) is 0.624. The van der Waals surface area contributed by atoms with Gasteiger partial charge in [0.05, 0.1) is 0 Å². The van der Waals surface area contributed by atoms with E-state index in [9.17, 15) is 10.0 Å². The number of nitrogens with zero attached hydrogens (tertiary/aromatic N) is 3. The average Bonchev–Trinajstić information content (AvgIpc) is 2.59. The normalized spacial score (nSPS) is 10.5. The van der Waals surface area contributed by atoms with Crippen LogP contribution >= 0.6 is 0 Å². The van der Waals surface area contributed by atoms with E-state index in [0.717, 1.165) is 0 Å². The van der Waals surface area contributed by atoms with E-state index in [0.29, 0.717) is 21.5 Å². The molecule has 0 N–H and O–H groups in total. The number of amides is 1. The molecule has 15 heavy (non-hydrogen) atoms. The van der Waals surface area contributed by atoms with Gasteiger partial charge in [-0.1, -0.05) is 0 Å². The summed E-state index contributed by atoms with van der Waals surface area (Å²) in [6.45, 7) is 0. The fourth-order valence-corrected chi connectivity index (χ4v) is 1.27. The second-order valence-electron chi connectivity index (χ2n) is 3.33. The van der Waals surface area contributed by atoms with Crippen molar-refractivity contribution in [3.63, 3.8) is 0 Å². The van der Waals surface area contributed by atoms with E-state index >= 15 is 0 Å². The Kier molecular flexibility index (Phi) is 2.03. The lowest BCUT2D eigenvalue weighted by Crippen LogP contribution is -2.23. The van der Waals surface area contributed by atoms with Crippen molar-refractivity contribution < 1.29 is 14.3 Å². The van der Waals surface area contributed by atoms with E-state index in [-0.39, 0.29) is 5.91 Å². The lowest BCUT2D eigenvalue weighted by molar-refractivity contribution is -0.782. The molecule has 78 valence electrons. The lowest BCUT2D eigenvalue weighted by atomic mass is 10.2. The summed E-state index contributed by atoms with van der Waals surface area (Å²) in [5, 5.41) is 14.5. The number of hydrogen-bond acceptors (Lipinski definition) is 4. The molecule has 1 aromatic heterocycles. The first-order valence-corrected chi connectivity index (χ1v) is 4.31. The largest absolute Gasteiger partial charge is 0.359 e. The highest BCUT2D eigenvalue weighted by atomic mass is 16.8. The summed E-state index contributed by atoms with van der Waals surface area (Å²) in [4.78, 5) is 13.3. The van der Waals surface area contributed by atoms with Crippen LogP contribution in [0.25, 0.3) is 11.0 Å². The first-order chi connectivity index (χ1) is 7.09. The molecule has 0 aliphatic rings. The van der Waals surface area contributed by atoms with E-state index < -0.39 is 0 Å². The third kappa shape index (κ3) is 1.50. The molecule has 0 radical (unpaired) electrons. The molecule has 6 heteroatoms. The fraction of sp³-hybridized carbons (Fsp3) is 0.222. The Balaban J connectivity index is 2.52. The van der Waals surface area contributed by atoms with Gasteiger partial charge >= 0.3 is 0 Å². The van der Waals surface area contributed by atoms with Crippen molar-refractivity contribution >= 4 is 16.9 Å². The molecule has 0 atom stereocenters. The molecule has 1 amide bonds. The molecule has 6 nitrogen and oxygen atoms in total. The average molecular weight is 207 g/mol. The van der Waals surface area contributed by atoms with E-state index in [4.69, 9.17) is 0 Å². The summed E-state index contributed by atoms with van der Waals surface area (Å²) >= 11 is 0. The van der Waals surface area contributed by atoms with Crippen LogP contribution in [0.1, 0.15) is 10.4 Å². The SMILES string of the molecule is CN(C)C(=O)c1ccc2c(c1)no[n+]2[O-]. The maximum absolute atomic E-state index is 11.6. The van der Waals surface area contributed by atoms with Crippen LogP contribution in [0, 0.1) is 5.21 Å². The monoisotopic (exact) mass is 207 g/mol. The van der Waals surface area contributed by atoms with Gasteiger partial charge in [-0.2, -0.15) is 0 Å². The topological polar surface area (TPSA) is 73.3 Å². The van der Waals surface area contributed by atoms with Crippen molar-refractivity contribution in [2.75, 3.05) is 14.1 Å². The molecule has 0 unspecified atom stereocenters. The predicted octanol–water partition coefficient (Wildman–Crippen LogP) is 0.163. The van der Waals surface area contributed by atoms with Crippen LogP contribution < -0.4 is 4.90 Å². The molecule has 0 saturated carbocycles. The van der Waals surface area contributed by atoms with Crippen molar-refractivity contribution in [2.45, 2.75) is 0 Å². The molecule has 0 spiro atoms. The van der Waals surface area contributed by atoms with Gasteiger partial charge in [-0.15, -0.1) is 0 Å². The highest BCUT2D eigenvalue weighted by Gasteiger charge is 2.14. The Bertz CT molecular complexity index is 518. The van der Waals surface area contributed by atoms with E-state index in [1.54, 1.807) is 20.2 Å². The van der Waals surface area contributed by atoms with Crippen molar-refractivity contribution in [2.24, 2.45) is 0 Å². The van der Waals surface area contributed by atoms with Crippen molar-refractivity contribution in [3.8, 4) is 0 Å². The van der Waals surface area contributed by atoms with Gasteiger partial charge in [0.1, 0.15) is 0 Å². The number of rotatable bonds is 1. The predicted molar refractivity (Wildman–Crippen MR) is 51.0 cm³/mol. The Morgan fingerprint density at radius 3 is 2.93 bits per heavy atom. The highest BCUT2D eigenvalue weighted by Crippen LogP contribution is 2.11. The van der Waals surface area contributed by atoms with E-state index in [1.807, 2.05) is 0 Å². The molecule has 0 bridgehead atoms. The number of aromatic nitrogens is 2. The minimum Gasteiger partial charge on any atom is -0.359 e. The molecular formula is C9H9N3O3. The molecular weight excluding hydrogens is 198 g/mol. The van der Waals surface area contributed by atoms with Crippen molar-refractivity contribution in [1.29, 1.82) is 0 Å². The van der Waals surface area contributed by atoms with Crippen LogP contribution in [0.4, 0.5) is 0 Å². The smallest absolute Gasteiger partial charge is 0.253 e. The zero-order chi connectivity index (χ0) is 11.0. The van der Waals surface area contributed by atoms with Gasteiger partial charge < -0.3 is 10.1 Å². The van der Waals surface area contributed by atoms with Crippen LogP contribution in [0.15, 0.2) is 22.8 Å². The molecule has 2 aromatic rings. The zero-order valence-corrected chi connectivity index (χ0v) is 8.30. The minimum absolute atomic E-state index is 0.141. The van der Waals surface area contributed by atoms with Gasteiger partial charge in [0.2, 0.25) is 11.0 Å². The molecule has 1 heterocycles. The fourth-order valence-electron chi connectivity index (χ4n) is 1.27. The van der Waals surface area contributed by atoms with E-state index in [2.05, 4.69) is 9.79 Å². The second-order valence-corrected chi connectivity index (χ2v) is 3.33. The molecule has 0 aliphatic heterocycles. The van der Waals surface area contributed by atoms with Gasteiger partial charge in [-0.3, -0.25) is 9.42 Å². The number of carbonyl (C=O) groups is 1. The number of benzene rings is 1. The summed E-state index contributed by atoms with van der Waals surface area (Å²) in [5.74, 6) is -0.141. The number of carbonyl (C=O) groups excluding carboxylic acids is 1. The third-order valence-corrected chi connectivity index (χ3v) is 2.04. The standard InChI is InChI=1S/C9H9N3O3/c1-11(2)9(13)6-3-4-8-7(5-6)10-15-12(8)14/h3-5H,1-2H3. The van der Waals surface area contributed by atoms with Crippen LogP contribution in [-0.2, 0) is 0 Å². The maximum atomic E-state index is 11.6. The molecule has 2 rings (SSSR count). The van der Waals surface area contributed by atoms with Gasteiger partial charge in [-0.05, 0) is 17.0 Å². The highest BCUT2D eigenvalue weighted by molar-refractivity contribution is 5.96. The summed E-state index contributed by atoms with van der Waals surface area (Å²) < 4.78 is 4.40. The first-order valence-electron chi connectivity index (χ1n) is 4.31. The Morgan fingerprint density at radius 2 is 2.27 bits per heavy atom. The van der Waals surface area contributed by atoms with Gasteiger partial charge in [0, 0.05) is 30.9 Å². The third-order valence-electron chi connectivity index (χ3n) is 2.04. The summed E-state index contributed by atoms with van der Waals surface area (Å²) in [6, 6.07) is 4.60. The van der Waals surface area contributed by atoms with Gasteiger partial charge in [-0.25, -0.2) is 0 Å². The van der Waals surface area contributed by atoms with Crippen molar-refractivity contribution in [1.82, 2.24) is 10.1 Å². The minimum atomic E-state index is -0.141. The van der Waals surface area contributed by atoms with Crippen LogP contribution in [0.2, 0.25) is 0 Å². The Hall–Kier alpha value is -2.11. The molecule has 0 aliphatic carbocycles. The number of fused-ring (bicyclic) bond motifs is 1. The summed E-state index contributed by atoms with van der Waals surface area (Å²) in [5.41, 5.74) is 1.16. The van der Waals surface area contributed by atoms with Crippen LogP contribution in [0.5, 0.6) is 0 Å². The summed E-state index contributed by atoms with van der Waals surface area (Å²) in [7, 11) is 3.31. The first kappa shape index (κ1) is 9.45. The lowest BCUT2D eigenvalue weighted by Gasteiger charge is -2.08. The van der Waals surface area contributed by atoms with Crippen LogP contribution in [0.3, 0.4) is 0 Å². The van der Waals surface area contributed by atoms with Crippen LogP contribution in [-0.4, -0.2) is 30.1 Å². The molecule has 0 saturated heterocycles. The molecule has 1 aromatic carbocycles.